The third-order valence-corrected chi connectivity index (χ3v) is 5.28. The van der Waals surface area contributed by atoms with Gasteiger partial charge in [0.1, 0.15) is 12.4 Å². The Hall–Kier alpha value is -2.00. The number of ether oxygens (including phenoxy) is 1. The molecule has 0 spiro atoms. The first-order chi connectivity index (χ1) is 13.6. The number of halogens is 2. The maximum Gasteiger partial charge on any atom is 0.119 e. The van der Waals surface area contributed by atoms with Gasteiger partial charge in [-0.15, -0.1) is 0 Å². The molecule has 3 rings (SSSR count). The van der Waals surface area contributed by atoms with Crippen LogP contribution in [0.3, 0.4) is 0 Å². The Morgan fingerprint density at radius 3 is 2.36 bits per heavy atom. The van der Waals surface area contributed by atoms with Crippen LogP contribution in [0.2, 0.25) is 10.0 Å². The van der Waals surface area contributed by atoms with Crippen LogP contribution in [0.5, 0.6) is 5.75 Å². The van der Waals surface area contributed by atoms with E-state index in [1.165, 1.54) is 11.1 Å². The largest absolute Gasteiger partial charge is 0.489 e. The van der Waals surface area contributed by atoms with Crippen molar-refractivity contribution in [3.63, 3.8) is 0 Å². The predicted octanol–water partition coefficient (Wildman–Crippen LogP) is 6.68. The topological polar surface area (TPSA) is 21.3 Å². The molecule has 0 unspecified atom stereocenters. The summed E-state index contributed by atoms with van der Waals surface area (Å²) in [5.74, 6) is 0.826. The molecule has 0 saturated carbocycles. The molecule has 3 aromatic rings. The zero-order valence-electron chi connectivity index (χ0n) is 16.0. The van der Waals surface area contributed by atoms with Gasteiger partial charge in [0.25, 0.3) is 0 Å². The number of nitrogens with one attached hydrogen (secondary N) is 1. The highest BCUT2D eigenvalue weighted by Crippen LogP contribution is 2.23. The molecule has 3 aromatic carbocycles. The summed E-state index contributed by atoms with van der Waals surface area (Å²) in [6, 6.07) is 24.7. The Morgan fingerprint density at radius 2 is 1.64 bits per heavy atom. The number of benzene rings is 3. The summed E-state index contributed by atoms with van der Waals surface area (Å²) >= 11 is 12.1. The molecule has 0 aliphatic rings. The minimum Gasteiger partial charge on any atom is -0.489 e. The molecule has 0 radical (unpaired) electrons. The van der Waals surface area contributed by atoms with Gasteiger partial charge < -0.3 is 10.1 Å². The summed E-state index contributed by atoms with van der Waals surface area (Å²) < 4.78 is 5.83. The molecule has 0 heterocycles. The van der Waals surface area contributed by atoms with Gasteiger partial charge >= 0.3 is 0 Å². The van der Waals surface area contributed by atoms with Crippen molar-refractivity contribution in [2.24, 2.45) is 0 Å². The van der Waals surface area contributed by atoms with Crippen molar-refractivity contribution < 1.29 is 4.74 Å². The molecule has 2 nitrogen and oxygen atoms in total. The fourth-order valence-corrected chi connectivity index (χ4v) is 3.39. The van der Waals surface area contributed by atoms with E-state index in [0.717, 1.165) is 30.7 Å². The SMILES string of the molecule is C[C@@H](CCc1ccccc1)NCc1ccc(OCc2ccc(Cl)cc2Cl)cc1. The maximum atomic E-state index is 6.18. The number of rotatable bonds is 9. The van der Waals surface area contributed by atoms with Crippen LogP contribution >= 0.6 is 23.2 Å². The molecule has 28 heavy (non-hydrogen) atoms. The lowest BCUT2D eigenvalue weighted by Crippen LogP contribution is -2.25. The summed E-state index contributed by atoms with van der Waals surface area (Å²) in [5.41, 5.74) is 3.55. The van der Waals surface area contributed by atoms with E-state index in [2.05, 4.69) is 54.7 Å². The van der Waals surface area contributed by atoms with Crippen LogP contribution in [-0.2, 0) is 19.6 Å². The van der Waals surface area contributed by atoms with Crippen LogP contribution in [0.15, 0.2) is 72.8 Å². The molecule has 0 saturated heterocycles. The Labute approximate surface area is 177 Å². The third kappa shape index (κ3) is 6.56. The summed E-state index contributed by atoms with van der Waals surface area (Å²) in [6.07, 6.45) is 2.21. The van der Waals surface area contributed by atoms with Crippen LogP contribution in [0.25, 0.3) is 0 Å². The molecule has 0 aromatic heterocycles. The average molecular weight is 414 g/mol. The molecule has 0 aliphatic carbocycles. The van der Waals surface area contributed by atoms with Crippen molar-refractivity contribution in [3.05, 3.63) is 99.5 Å². The van der Waals surface area contributed by atoms with Crippen molar-refractivity contribution in [3.8, 4) is 5.75 Å². The van der Waals surface area contributed by atoms with Gasteiger partial charge in [0.15, 0.2) is 0 Å². The monoisotopic (exact) mass is 413 g/mol. The standard InChI is InChI=1S/C24H25Cl2NO/c1-18(7-8-19-5-3-2-4-6-19)27-16-20-9-13-23(14-10-20)28-17-21-11-12-22(25)15-24(21)26/h2-6,9-15,18,27H,7-8,16-17H2,1H3/t18-/m0/s1. The molecule has 0 bridgehead atoms. The highest BCUT2D eigenvalue weighted by Gasteiger charge is 2.05. The van der Waals surface area contributed by atoms with E-state index in [0.29, 0.717) is 22.7 Å². The summed E-state index contributed by atoms with van der Waals surface area (Å²) in [4.78, 5) is 0. The van der Waals surface area contributed by atoms with Gasteiger partial charge in [-0.2, -0.15) is 0 Å². The van der Waals surface area contributed by atoms with Gasteiger partial charge in [0.2, 0.25) is 0 Å². The Balaban J connectivity index is 1.42. The molecule has 1 N–H and O–H groups in total. The van der Waals surface area contributed by atoms with Crippen molar-refractivity contribution in [2.45, 2.75) is 39.0 Å². The highest BCUT2D eigenvalue weighted by atomic mass is 35.5. The van der Waals surface area contributed by atoms with E-state index in [-0.39, 0.29) is 0 Å². The minimum atomic E-state index is 0.421. The molecule has 1 atom stereocenters. The third-order valence-electron chi connectivity index (χ3n) is 4.70. The molecule has 146 valence electrons. The zero-order valence-corrected chi connectivity index (χ0v) is 17.5. The van der Waals surface area contributed by atoms with Gasteiger partial charge in [0.05, 0.1) is 0 Å². The van der Waals surface area contributed by atoms with Crippen molar-refractivity contribution in [1.29, 1.82) is 0 Å². The predicted molar refractivity (Wildman–Crippen MR) is 118 cm³/mol. The first-order valence-corrected chi connectivity index (χ1v) is 10.3. The van der Waals surface area contributed by atoms with E-state index < -0.39 is 0 Å². The van der Waals surface area contributed by atoms with E-state index in [9.17, 15) is 0 Å². The van der Waals surface area contributed by atoms with E-state index >= 15 is 0 Å². The van der Waals surface area contributed by atoms with Crippen LogP contribution < -0.4 is 10.1 Å². The van der Waals surface area contributed by atoms with Crippen LogP contribution in [0, 0.1) is 0 Å². The maximum absolute atomic E-state index is 6.18. The van der Waals surface area contributed by atoms with Crippen molar-refractivity contribution in [1.82, 2.24) is 5.32 Å². The van der Waals surface area contributed by atoms with Gasteiger partial charge in [-0.3, -0.25) is 0 Å². The number of hydrogen-bond donors (Lipinski definition) is 1. The molecule has 4 heteroatoms. The van der Waals surface area contributed by atoms with E-state index in [1.807, 2.05) is 24.3 Å². The van der Waals surface area contributed by atoms with Crippen molar-refractivity contribution >= 4 is 23.2 Å². The fraction of sp³-hybridized carbons (Fsp3) is 0.250. The number of hydrogen-bond acceptors (Lipinski definition) is 2. The molecule has 0 aliphatic heterocycles. The lowest BCUT2D eigenvalue weighted by atomic mass is 10.1. The normalized spacial score (nSPS) is 12.0. The lowest BCUT2D eigenvalue weighted by Gasteiger charge is -2.14. The smallest absolute Gasteiger partial charge is 0.119 e. The minimum absolute atomic E-state index is 0.421. The van der Waals surface area contributed by atoms with Gasteiger partial charge in [-0.25, -0.2) is 0 Å². The van der Waals surface area contributed by atoms with Crippen LogP contribution in [0.1, 0.15) is 30.0 Å². The summed E-state index contributed by atoms with van der Waals surface area (Å²) in [7, 11) is 0. The second kappa shape index (κ2) is 10.5. The number of aryl methyl sites for hydroxylation is 1. The molecular formula is C24H25Cl2NO. The van der Waals surface area contributed by atoms with Gasteiger partial charge in [-0.05, 0) is 55.2 Å². The first kappa shape index (κ1) is 20.7. The Morgan fingerprint density at radius 1 is 0.893 bits per heavy atom. The first-order valence-electron chi connectivity index (χ1n) is 9.53. The molecule has 0 amide bonds. The highest BCUT2D eigenvalue weighted by molar-refractivity contribution is 6.35. The van der Waals surface area contributed by atoms with Crippen LogP contribution in [0.4, 0.5) is 0 Å². The molecule has 0 fully saturated rings. The lowest BCUT2D eigenvalue weighted by molar-refractivity contribution is 0.306. The second-order valence-electron chi connectivity index (χ2n) is 6.97. The van der Waals surface area contributed by atoms with Crippen molar-refractivity contribution in [2.75, 3.05) is 0 Å². The zero-order chi connectivity index (χ0) is 19.8. The fourth-order valence-electron chi connectivity index (χ4n) is 2.93. The van der Waals surface area contributed by atoms with Gasteiger partial charge in [-0.1, -0.05) is 71.7 Å². The van der Waals surface area contributed by atoms with Gasteiger partial charge in [0, 0.05) is 28.2 Å². The summed E-state index contributed by atoms with van der Waals surface area (Å²) in [5, 5.41) is 4.84. The average Bonchev–Trinajstić information content (AvgIpc) is 2.71. The Bertz CT molecular complexity index is 866. The molecular weight excluding hydrogens is 389 g/mol. The summed E-state index contributed by atoms with van der Waals surface area (Å²) in [6.45, 7) is 3.50. The van der Waals surface area contributed by atoms with E-state index in [1.54, 1.807) is 6.07 Å². The second-order valence-corrected chi connectivity index (χ2v) is 7.82. The van der Waals surface area contributed by atoms with Crippen LogP contribution in [-0.4, -0.2) is 6.04 Å². The Kier molecular flexibility index (Phi) is 7.79. The van der Waals surface area contributed by atoms with E-state index in [4.69, 9.17) is 27.9 Å². The quantitative estimate of drug-likeness (QED) is 0.422.